The van der Waals surface area contributed by atoms with Gasteiger partial charge >= 0.3 is 0 Å². The third-order valence-corrected chi connectivity index (χ3v) is 7.95. The predicted octanol–water partition coefficient (Wildman–Crippen LogP) is 4.41. The van der Waals surface area contributed by atoms with E-state index in [1.54, 1.807) is 11.3 Å². The van der Waals surface area contributed by atoms with Crippen LogP contribution in [0, 0.1) is 0 Å². The molecule has 1 saturated carbocycles. The molecule has 2 heterocycles. The molecule has 2 N–H and O–H groups in total. The summed E-state index contributed by atoms with van der Waals surface area (Å²) in [6.45, 7) is 2.13. The summed E-state index contributed by atoms with van der Waals surface area (Å²) < 4.78 is 1.19. The molecule has 1 atom stereocenters. The molecule has 98 valence electrons. The first-order valence-corrected chi connectivity index (χ1v) is 8.88. The Morgan fingerprint density at radius 2 is 2.22 bits per heavy atom. The lowest BCUT2D eigenvalue weighted by molar-refractivity contribution is 0.432. The van der Waals surface area contributed by atoms with Crippen molar-refractivity contribution in [2.75, 3.05) is 5.75 Å². The molecule has 3 rings (SSSR count). The van der Waals surface area contributed by atoms with Gasteiger partial charge in [0.25, 0.3) is 0 Å². The monoisotopic (exact) mass is 364 g/mol. The van der Waals surface area contributed by atoms with E-state index in [1.165, 1.54) is 19.3 Å². The molecule has 2 aliphatic rings. The second-order valence-electron chi connectivity index (χ2n) is 5.13. The van der Waals surface area contributed by atoms with Gasteiger partial charge in [0.05, 0.1) is 18.4 Å². The number of aliphatic imine (C=N–C) groups is 1. The SMILES string of the molecule is C[C@@]1(c2sc(Br)cc2Cl)CSC2(CCC2)C(N)=N1. The van der Waals surface area contributed by atoms with Crippen molar-refractivity contribution in [1.29, 1.82) is 0 Å². The lowest BCUT2D eigenvalue weighted by Gasteiger charge is -2.46. The van der Waals surface area contributed by atoms with Crippen molar-refractivity contribution in [3.63, 3.8) is 0 Å². The molecular weight excluding hydrogens is 352 g/mol. The summed E-state index contributed by atoms with van der Waals surface area (Å²) in [5, 5.41) is 0.788. The Kier molecular flexibility index (Phi) is 3.25. The maximum absolute atomic E-state index is 6.30. The average Bonchev–Trinajstić information content (AvgIpc) is 2.56. The molecule has 0 unspecified atom stereocenters. The van der Waals surface area contributed by atoms with Gasteiger partial charge in [-0.1, -0.05) is 11.6 Å². The van der Waals surface area contributed by atoms with Gasteiger partial charge in [0.15, 0.2) is 0 Å². The third-order valence-electron chi connectivity index (χ3n) is 3.77. The highest BCUT2D eigenvalue weighted by molar-refractivity contribution is 9.11. The van der Waals surface area contributed by atoms with Gasteiger partial charge < -0.3 is 5.73 Å². The maximum Gasteiger partial charge on any atom is 0.111 e. The zero-order valence-corrected chi connectivity index (χ0v) is 14.0. The topological polar surface area (TPSA) is 38.4 Å². The summed E-state index contributed by atoms with van der Waals surface area (Å²) in [5.74, 6) is 1.77. The van der Waals surface area contributed by atoms with Crippen LogP contribution >= 0.6 is 50.6 Å². The van der Waals surface area contributed by atoms with Gasteiger partial charge in [0.2, 0.25) is 0 Å². The molecule has 1 aliphatic heterocycles. The Morgan fingerprint density at radius 1 is 1.50 bits per heavy atom. The normalized spacial score (nSPS) is 30.1. The summed E-state index contributed by atoms with van der Waals surface area (Å²) in [6, 6.07) is 1.94. The Bertz CT molecular complexity index is 524. The molecule has 18 heavy (non-hydrogen) atoms. The van der Waals surface area contributed by atoms with Crippen molar-refractivity contribution >= 4 is 56.5 Å². The van der Waals surface area contributed by atoms with Crippen molar-refractivity contribution in [2.24, 2.45) is 10.7 Å². The average molecular weight is 366 g/mol. The quantitative estimate of drug-likeness (QED) is 0.800. The fourth-order valence-electron chi connectivity index (χ4n) is 2.48. The minimum absolute atomic E-state index is 0.139. The molecule has 1 aliphatic carbocycles. The second-order valence-corrected chi connectivity index (χ2v) is 9.33. The number of halogens is 2. The Hall–Kier alpha value is 0.290. The third kappa shape index (κ3) is 1.94. The van der Waals surface area contributed by atoms with Gasteiger partial charge in [-0.15, -0.1) is 23.1 Å². The van der Waals surface area contributed by atoms with E-state index in [0.717, 1.165) is 25.3 Å². The maximum atomic E-state index is 6.30. The van der Waals surface area contributed by atoms with Crippen LogP contribution in [0.15, 0.2) is 14.8 Å². The molecule has 0 aromatic carbocycles. The standard InChI is InChI=1S/C12H14BrClN2S2/c1-11(9-7(14)5-8(13)18-9)6-17-12(3-2-4-12)10(15)16-11/h5H,2-4,6H2,1H3,(H2,15,16)/t11-/m0/s1. The van der Waals surface area contributed by atoms with Crippen molar-refractivity contribution in [2.45, 2.75) is 36.5 Å². The van der Waals surface area contributed by atoms with Gasteiger partial charge in [-0.25, -0.2) is 0 Å². The minimum Gasteiger partial charge on any atom is -0.386 e. The number of nitrogens with zero attached hydrogens (tertiary/aromatic N) is 1. The molecular formula is C12H14BrClN2S2. The lowest BCUT2D eigenvalue weighted by atomic mass is 9.82. The first kappa shape index (κ1) is 13.3. The zero-order chi connectivity index (χ0) is 13.0. The molecule has 0 bridgehead atoms. The summed E-state index contributed by atoms with van der Waals surface area (Å²) in [5.41, 5.74) is 5.95. The van der Waals surface area contributed by atoms with E-state index >= 15 is 0 Å². The van der Waals surface area contributed by atoms with E-state index in [2.05, 4.69) is 22.9 Å². The summed E-state index contributed by atoms with van der Waals surface area (Å²) in [7, 11) is 0. The highest BCUT2D eigenvalue weighted by Crippen LogP contribution is 2.52. The number of thiophene rings is 1. The van der Waals surface area contributed by atoms with E-state index < -0.39 is 0 Å². The van der Waals surface area contributed by atoms with Crippen LogP contribution < -0.4 is 5.73 Å². The predicted molar refractivity (Wildman–Crippen MR) is 85.0 cm³/mol. The minimum atomic E-state index is -0.274. The Morgan fingerprint density at radius 3 is 2.67 bits per heavy atom. The molecule has 0 radical (unpaired) electrons. The van der Waals surface area contributed by atoms with Crippen LogP contribution in [-0.2, 0) is 5.54 Å². The summed E-state index contributed by atoms with van der Waals surface area (Å²) in [4.78, 5) is 5.92. The summed E-state index contributed by atoms with van der Waals surface area (Å²) >= 11 is 13.4. The van der Waals surface area contributed by atoms with Crippen LogP contribution in [0.4, 0.5) is 0 Å². The molecule has 0 saturated heterocycles. The number of hydrogen-bond donors (Lipinski definition) is 1. The molecule has 1 aromatic heterocycles. The lowest BCUT2D eigenvalue weighted by Crippen LogP contribution is -2.52. The van der Waals surface area contributed by atoms with Crippen LogP contribution in [0.1, 0.15) is 31.1 Å². The molecule has 0 amide bonds. The fraction of sp³-hybridized carbons (Fsp3) is 0.583. The van der Waals surface area contributed by atoms with E-state index in [1.807, 2.05) is 17.8 Å². The smallest absolute Gasteiger partial charge is 0.111 e. The van der Waals surface area contributed by atoms with E-state index in [0.29, 0.717) is 0 Å². The van der Waals surface area contributed by atoms with Crippen LogP contribution in [0.2, 0.25) is 5.02 Å². The van der Waals surface area contributed by atoms with Gasteiger partial charge in [0, 0.05) is 5.75 Å². The van der Waals surface area contributed by atoms with Crippen LogP contribution in [0.25, 0.3) is 0 Å². The van der Waals surface area contributed by atoms with Gasteiger partial charge in [-0.2, -0.15) is 0 Å². The van der Waals surface area contributed by atoms with Gasteiger partial charge in [0.1, 0.15) is 11.4 Å². The van der Waals surface area contributed by atoms with E-state index in [9.17, 15) is 0 Å². The molecule has 2 nitrogen and oxygen atoms in total. The molecule has 1 aromatic rings. The number of amidine groups is 1. The van der Waals surface area contributed by atoms with Crippen molar-refractivity contribution < 1.29 is 0 Å². The van der Waals surface area contributed by atoms with Crippen molar-refractivity contribution in [3.8, 4) is 0 Å². The fourth-order valence-corrected chi connectivity index (χ4v) is 6.31. The highest BCUT2D eigenvalue weighted by Gasteiger charge is 2.48. The number of rotatable bonds is 1. The highest BCUT2D eigenvalue weighted by atomic mass is 79.9. The van der Waals surface area contributed by atoms with Crippen molar-refractivity contribution in [3.05, 3.63) is 19.8 Å². The number of thioether (sulfide) groups is 1. The van der Waals surface area contributed by atoms with Crippen LogP contribution in [-0.4, -0.2) is 16.3 Å². The van der Waals surface area contributed by atoms with Gasteiger partial charge in [-0.05, 0) is 48.2 Å². The molecule has 1 spiro atoms. The first-order valence-electron chi connectivity index (χ1n) is 5.90. The molecule has 6 heteroatoms. The first-order chi connectivity index (χ1) is 8.45. The number of nitrogens with two attached hydrogens (primary N) is 1. The van der Waals surface area contributed by atoms with Crippen molar-refractivity contribution in [1.82, 2.24) is 0 Å². The second kappa shape index (κ2) is 4.40. The van der Waals surface area contributed by atoms with Crippen LogP contribution in [0.5, 0.6) is 0 Å². The van der Waals surface area contributed by atoms with E-state index in [-0.39, 0.29) is 10.3 Å². The Labute approximate surface area is 129 Å². The van der Waals surface area contributed by atoms with E-state index in [4.69, 9.17) is 22.3 Å². The van der Waals surface area contributed by atoms with Crippen LogP contribution in [0.3, 0.4) is 0 Å². The van der Waals surface area contributed by atoms with Gasteiger partial charge in [-0.3, -0.25) is 4.99 Å². The Balaban J connectivity index is 1.99. The number of hydrogen-bond acceptors (Lipinski definition) is 4. The largest absolute Gasteiger partial charge is 0.386 e. The zero-order valence-electron chi connectivity index (χ0n) is 10.0. The summed E-state index contributed by atoms with van der Waals surface area (Å²) in [6.07, 6.45) is 3.61. The molecule has 1 fully saturated rings.